The Labute approximate surface area is 137 Å². The van der Waals surface area contributed by atoms with Gasteiger partial charge in [0, 0.05) is 29.1 Å². The number of carbonyl (C=O) groups is 2. The molecule has 2 rings (SSSR count). The van der Waals surface area contributed by atoms with Crippen LogP contribution in [0.25, 0.3) is 0 Å². The van der Waals surface area contributed by atoms with Crippen LogP contribution in [0.15, 0.2) is 48.5 Å². The monoisotopic (exact) mass is 329 g/mol. The number of nitrogens with zero attached hydrogens (tertiary/aromatic N) is 1. The van der Waals surface area contributed by atoms with Crippen LogP contribution in [0.2, 0.25) is 0 Å². The summed E-state index contributed by atoms with van der Waals surface area (Å²) in [5, 5.41) is 15.9. The number of benzene rings is 2. The molecule has 124 valence electrons. The van der Waals surface area contributed by atoms with Crippen molar-refractivity contribution in [3.05, 3.63) is 64.2 Å². The van der Waals surface area contributed by atoms with Crippen LogP contribution < -0.4 is 10.6 Å². The van der Waals surface area contributed by atoms with Crippen molar-refractivity contribution in [3.63, 3.8) is 0 Å². The smallest absolute Gasteiger partial charge is 0.411 e. The van der Waals surface area contributed by atoms with E-state index < -0.39 is 16.9 Å². The molecule has 0 aliphatic heterocycles. The molecule has 0 saturated carbocycles. The Bertz CT molecular complexity index is 776. The van der Waals surface area contributed by atoms with Crippen molar-refractivity contribution in [2.24, 2.45) is 0 Å². The first-order valence-electron chi connectivity index (χ1n) is 7.09. The molecule has 2 aromatic carbocycles. The summed E-state index contributed by atoms with van der Waals surface area (Å²) in [7, 11) is 0. The maximum atomic E-state index is 12.2. The Morgan fingerprint density at radius 3 is 2.42 bits per heavy atom. The lowest BCUT2D eigenvalue weighted by Crippen LogP contribution is -2.14. The van der Waals surface area contributed by atoms with Gasteiger partial charge >= 0.3 is 6.09 Å². The van der Waals surface area contributed by atoms with E-state index in [0.717, 1.165) is 0 Å². The topological polar surface area (TPSA) is 111 Å². The van der Waals surface area contributed by atoms with Crippen molar-refractivity contribution < 1.29 is 19.2 Å². The summed E-state index contributed by atoms with van der Waals surface area (Å²) in [6.45, 7) is 1.93. The molecule has 0 aromatic heterocycles. The minimum absolute atomic E-state index is 0.160. The molecule has 2 aromatic rings. The van der Waals surface area contributed by atoms with E-state index in [2.05, 4.69) is 10.6 Å². The van der Waals surface area contributed by atoms with Crippen LogP contribution in [0, 0.1) is 10.1 Å². The summed E-state index contributed by atoms with van der Waals surface area (Å²) in [5.41, 5.74) is 0.874. The zero-order valence-corrected chi connectivity index (χ0v) is 12.8. The van der Waals surface area contributed by atoms with Gasteiger partial charge in [-0.25, -0.2) is 4.79 Å². The van der Waals surface area contributed by atoms with Crippen molar-refractivity contribution in [2.75, 3.05) is 17.2 Å². The number of carbonyl (C=O) groups excluding carboxylic acids is 2. The van der Waals surface area contributed by atoms with E-state index in [-0.39, 0.29) is 17.9 Å². The summed E-state index contributed by atoms with van der Waals surface area (Å²) < 4.78 is 4.77. The second-order valence-electron chi connectivity index (χ2n) is 4.69. The average Bonchev–Trinajstić information content (AvgIpc) is 2.55. The molecule has 0 atom stereocenters. The van der Waals surface area contributed by atoms with Gasteiger partial charge < -0.3 is 10.1 Å². The number of hydrogen-bond acceptors (Lipinski definition) is 5. The Morgan fingerprint density at radius 1 is 1.08 bits per heavy atom. The highest BCUT2D eigenvalue weighted by molar-refractivity contribution is 6.05. The van der Waals surface area contributed by atoms with Gasteiger partial charge in [0.2, 0.25) is 0 Å². The predicted molar refractivity (Wildman–Crippen MR) is 88.1 cm³/mol. The van der Waals surface area contributed by atoms with Gasteiger partial charge in [-0.1, -0.05) is 12.1 Å². The number of rotatable bonds is 5. The number of ether oxygens (including phenoxy) is 1. The largest absolute Gasteiger partial charge is 0.450 e. The van der Waals surface area contributed by atoms with Gasteiger partial charge in [-0.3, -0.25) is 20.2 Å². The number of nitro benzene ring substituents is 1. The van der Waals surface area contributed by atoms with Gasteiger partial charge in [0.1, 0.15) is 0 Å². The molecule has 2 amide bonds. The van der Waals surface area contributed by atoms with E-state index in [1.807, 2.05) is 0 Å². The minimum atomic E-state index is -0.598. The predicted octanol–water partition coefficient (Wildman–Crippen LogP) is 3.42. The SMILES string of the molecule is CCOC(=O)Nc1cccc(NC(=O)c2cccc([N+](=O)[O-])c2)c1. The average molecular weight is 329 g/mol. The summed E-state index contributed by atoms with van der Waals surface area (Å²) in [4.78, 5) is 33.8. The maximum absolute atomic E-state index is 12.2. The Kier molecular flexibility index (Phi) is 5.45. The summed E-state index contributed by atoms with van der Waals surface area (Å²) in [6.07, 6.45) is -0.598. The van der Waals surface area contributed by atoms with Crippen LogP contribution in [0.5, 0.6) is 0 Å². The zero-order chi connectivity index (χ0) is 17.5. The standard InChI is InChI=1S/C16H15N3O5/c1-2-24-16(21)18-13-7-4-6-12(10-13)17-15(20)11-5-3-8-14(9-11)19(22)23/h3-10H,2H2,1H3,(H,17,20)(H,18,21). The third-order valence-corrected chi connectivity index (χ3v) is 2.96. The van der Waals surface area contributed by atoms with E-state index in [9.17, 15) is 19.7 Å². The lowest BCUT2D eigenvalue weighted by atomic mass is 10.2. The highest BCUT2D eigenvalue weighted by Crippen LogP contribution is 2.18. The van der Waals surface area contributed by atoms with Crippen molar-refractivity contribution in [1.82, 2.24) is 0 Å². The highest BCUT2D eigenvalue weighted by Gasteiger charge is 2.12. The molecule has 0 saturated heterocycles. The third kappa shape index (κ3) is 4.54. The van der Waals surface area contributed by atoms with E-state index in [0.29, 0.717) is 11.4 Å². The van der Waals surface area contributed by atoms with Crippen molar-refractivity contribution >= 4 is 29.1 Å². The normalized spacial score (nSPS) is 9.88. The molecule has 0 aliphatic rings. The molecule has 0 unspecified atom stereocenters. The van der Waals surface area contributed by atoms with E-state index in [4.69, 9.17) is 4.74 Å². The maximum Gasteiger partial charge on any atom is 0.411 e. The Hall–Kier alpha value is -3.42. The number of amides is 2. The Morgan fingerprint density at radius 2 is 1.75 bits per heavy atom. The molecule has 24 heavy (non-hydrogen) atoms. The molecule has 0 bridgehead atoms. The first kappa shape index (κ1) is 16.9. The third-order valence-electron chi connectivity index (χ3n) is 2.96. The molecule has 0 radical (unpaired) electrons. The van der Waals surface area contributed by atoms with Crippen molar-refractivity contribution in [1.29, 1.82) is 0 Å². The first-order valence-corrected chi connectivity index (χ1v) is 7.09. The lowest BCUT2D eigenvalue weighted by molar-refractivity contribution is -0.384. The molecule has 0 heterocycles. The molecular formula is C16H15N3O5. The zero-order valence-electron chi connectivity index (χ0n) is 12.8. The van der Waals surface area contributed by atoms with Gasteiger partial charge in [-0.05, 0) is 31.2 Å². The van der Waals surface area contributed by atoms with Crippen LogP contribution in [0.3, 0.4) is 0 Å². The van der Waals surface area contributed by atoms with Gasteiger partial charge in [0.05, 0.1) is 11.5 Å². The minimum Gasteiger partial charge on any atom is -0.450 e. The molecule has 8 heteroatoms. The van der Waals surface area contributed by atoms with Crippen molar-refractivity contribution in [2.45, 2.75) is 6.92 Å². The molecule has 0 spiro atoms. The van der Waals surface area contributed by atoms with Crippen LogP contribution in [0.1, 0.15) is 17.3 Å². The second-order valence-corrected chi connectivity index (χ2v) is 4.69. The van der Waals surface area contributed by atoms with Gasteiger partial charge in [-0.15, -0.1) is 0 Å². The Balaban J connectivity index is 2.10. The number of nitro groups is 1. The van der Waals surface area contributed by atoms with E-state index >= 15 is 0 Å². The van der Waals surface area contributed by atoms with E-state index in [1.54, 1.807) is 31.2 Å². The fourth-order valence-corrected chi connectivity index (χ4v) is 1.92. The van der Waals surface area contributed by atoms with Gasteiger partial charge in [0.15, 0.2) is 0 Å². The van der Waals surface area contributed by atoms with Crippen LogP contribution in [-0.2, 0) is 4.74 Å². The highest BCUT2D eigenvalue weighted by atomic mass is 16.6. The first-order chi connectivity index (χ1) is 11.5. The quantitative estimate of drug-likeness (QED) is 0.645. The number of non-ortho nitro benzene ring substituents is 1. The molecule has 2 N–H and O–H groups in total. The van der Waals surface area contributed by atoms with Gasteiger partial charge in [-0.2, -0.15) is 0 Å². The summed E-state index contributed by atoms with van der Waals surface area (Å²) in [6, 6.07) is 11.9. The number of hydrogen-bond donors (Lipinski definition) is 2. The van der Waals surface area contributed by atoms with Crippen molar-refractivity contribution in [3.8, 4) is 0 Å². The molecule has 0 aliphatic carbocycles. The van der Waals surface area contributed by atoms with Crippen LogP contribution >= 0.6 is 0 Å². The summed E-state index contributed by atoms with van der Waals surface area (Å²) >= 11 is 0. The summed E-state index contributed by atoms with van der Waals surface area (Å²) in [5.74, 6) is -0.494. The number of nitrogens with one attached hydrogen (secondary N) is 2. The van der Waals surface area contributed by atoms with Gasteiger partial charge in [0.25, 0.3) is 11.6 Å². The van der Waals surface area contributed by atoms with E-state index in [1.165, 1.54) is 24.3 Å². The second kappa shape index (κ2) is 7.73. The van der Waals surface area contributed by atoms with Crippen LogP contribution in [0.4, 0.5) is 21.9 Å². The fraction of sp³-hybridized carbons (Fsp3) is 0.125. The molecule has 0 fully saturated rings. The lowest BCUT2D eigenvalue weighted by Gasteiger charge is -2.09. The number of anilines is 2. The molecule has 8 nitrogen and oxygen atoms in total. The molecular weight excluding hydrogens is 314 g/mol. The van der Waals surface area contributed by atoms with Crippen LogP contribution in [-0.4, -0.2) is 23.5 Å². The fourth-order valence-electron chi connectivity index (χ4n) is 1.92.